The molecule has 1 heterocycles. The second kappa shape index (κ2) is 15.1. The first-order valence-corrected chi connectivity index (χ1v) is 12.9. The van der Waals surface area contributed by atoms with Crippen molar-refractivity contribution in [1.82, 2.24) is 20.9 Å². The van der Waals surface area contributed by atoms with Crippen molar-refractivity contribution >= 4 is 23.7 Å². The lowest BCUT2D eigenvalue weighted by atomic mass is 10.0. The molecule has 3 atom stereocenters. The summed E-state index contributed by atoms with van der Waals surface area (Å²) in [6, 6.07) is 8.13. The van der Waals surface area contributed by atoms with Gasteiger partial charge in [0.15, 0.2) is 5.96 Å². The van der Waals surface area contributed by atoms with Gasteiger partial charge in [0.05, 0.1) is 6.04 Å². The van der Waals surface area contributed by atoms with Crippen molar-refractivity contribution in [3.63, 3.8) is 0 Å². The summed E-state index contributed by atoms with van der Waals surface area (Å²) < 4.78 is 0. The molecule has 1 saturated heterocycles. The van der Waals surface area contributed by atoms with E-state index in [2.05, 4.69) is 34.8 Å². The fourth-order valence-electron chi connectivity index (χ4n) is 4.42. The summed E-state index contributed by atoms with van der Waals surface area (Å²) >= 11 is 0. The number of carbonyl (C=O) groups excluding carboxylic acids is 3. The van der Waals surface area contributed by atoms with Crippen LogP contribution in [0.5, 0.6) is 0 Å². The minimum Gasteiger partial charge on any atom is -0.370 e. The van der Waals surface area contributed by atoms with Crippen LogP contribution in [0.3, 0.4) is 0 Å². The molecule has 1 aromatic carbocycles. The summed E-state index contributed by atoms with van der Waals surface area (Å²) in [6.45, 7) is 7.85. The largest absolute Gasteiger partial charge is 0.370 e. The third-order valence-electron chi connectivity index (χ3n) is 6.17. The number of benzene rings is 1. The Morgan fingerprint density at radius 3 is 2.50 bits per heavy atom. The molecule has 0 bridgehead atoms. The van der Waals surface area contributed by atoms with Gasteiger partial charge in [-0.2, -0.15) is 0 Å². The molecule has 7 N–H and O–H groups in total. The molecule has 10 heteroatoms. The minimum atomic E-state index is -0.769. The third-order valence-corrected chi connectivity index (χ3v) is 6.17. The second-order valence-corrected chi connectivity index (χ2v) is 9.64. The molecule has 0 unspecified atom stereocenters. The predicted octanol–water partition coefficient (Wildman–Crippen LogP) is 0.856. The number of likely N-dealkylation sites (N-methyl/N-ethyl adjacent to an activating group) is 1. The van der Waals surface area contributed by atoms with Gasteiger partial charge in [0, 0.05) is 26.2 Å². The molecule has 0 aliphatic carbocycles. The van der Waals surface area contributed by atoms with Crippen molar-refractivity contribution in [2.75, 3.05) is 19.6 Å². The molecule has 36 heavy (non-hydrogen) atoms. The van der Waals surface area contributed by atoms with Crippen LogP contribution < -0.4 is 27.4 Å². The summed E-state index contributed by atoms with van der Waals surface area (Å²) in [5.41, 5.74) is 11.9. The first-order chi connectivity index (χ1) is 17.2. The lowest BCUT2D eigenvalue weighted by Gasteiger charge is -2.30. The monoisotopic (exact) mass is 501 g/mol. The Kier molecular flexibility index (Phi) is 12.2. The standard InChI is InChI=1S/C26H43N7O3/c1-4-29-24(35)22-13-9-15-33(22)25(36)20(12-8-14-30-26(27)28)32-23(34)21(16-18(2)3)31-17-19-10-6-5-7-11-19/h5-7,10-11,18,20-22,31H,4,8-9,12-17H2,1-3H3,(H,29,35)(H,32,34)(H4,27,28,30)/t20-,21-,22-/m0/s1. The molecule has 200 valence electrons. The summed E-state index contributed by atoms with van der Waals surface area (Å²) in [5, 5.41) is 9.14. The zero-order valence-corrected chi connectivity index (χ0v) is 21.8. The van der Waals surface area contributed by atoms with Crippen molar-refractivity contribution < 1.29 is 14.4 Å². The van der Waals surface area contributed by atoms with Gasteiger partial charge in [-0.05, 0) is 50.5 Å². The number of rotatable bonds is 14. The molecule has 10 nitrogen and oxygen atoms in total. The normalized spacial score (nSPS) is 16.9. The first kappa shape index (κ1) is 29.1. The molecule has 0 radical (unpaired) electrons. The topological polar surface area (TPSA) is 155 Å². The Morgan fingerprint density at radius 2 is 1.86 bits per heavy atom. The van der Waals surface area contributed by atoms with Crippen LogP contribution in [0.25, 0.3) is 0 Å². The third kappa shape index (κ3) is 9.49. The van der Waals surface area contributed by atoms with Gasteiger partial charge < -0.3 is 32.3 Å². The van der Waals surface area contributed by atoms with Gasteiger partial charge >= 0.3 is 0 Å². The van der Waals surface area contributed by atoms with Crippen LogP contribution in [0, 0.1) is 5.92 Å². The zero-order chi connectivity index (χ0) is 26.5. The molecule has 1 aliphatic rings. The van der Waals surface area contributed by atoms with Crippen LogP contribution in [-0.2, 0) is 20.9 Å². The number of carbonyl (C=O) groups is 3. The Morgan fingerprint density at radius 1 is 1.14 bits per heavy atom. The van der Waals surface area contributed by atoms with E-state index in [1.54, 1.807) is 4.90 Å². The highest BCUT2D eigenvalue weighted by atomic mass is 16.2. The number of hydrogen-bond donors (Lipinski definition) is 5. The van der Waals surface area contributed by atoms with Gasteiger partial charge in [0.2, 0.25) is 17.7 Å². The predicted molar refractivity (Wildman–Crippen MR) is 142 cm³/mol. The highest BCUT2D eigenvalue weighted by molar-refractivity contribution is 5.93. The number of likely N-dealkylation sites (tertiary alicyclic amines) is 1. The van der Waals surface area contributed by atoms with Crippen molar-refractivity contribution in [3.05, 3.63) is 35.9 Å². The smallest absolute Gasteiger partial charge is 0.245 e. The van der Waals surface area contributed by atoms with Crippen LogP contribution >= 0.6 is 0 Å². The van der Waals surface area contributed by atoms with E-state index in [9.17, 15) is 14.4 Å². The Balaban J connectivity index is 2.15. The highest BCUT2D eigenvalue weighted by Gasteiger charge is 2.37. The summed E-state index contributed by atoms with van der Waals surface area (Å²) in [6.07, 6.45) is 2.87. The van der Waals surface area contributed by atoms with E-state index in [4.69, 9.17) is 11.5 Å². The van der Waals surface area contributed by atoms with E-state index in [-0.39, 0.29) is 29.6 Å². The van der Waals surface area contributed by atoms with Crippen molar-refractivity contribution in [1.29, 1.82) is 0 Å². The maximum atomic E-state index is 13.6. The fraction of sp³-hybridized carbons (Fsp3) is 0.615. The van der Waals surface area contributed by atoms with Gasteiger partial charge in [0.25, 0.3) is 0 Å². The molecule has 1 aromatic rings. The Hall–Kier alpha value is -3.14. The lowest BCUT2D eigenvalue weighted by Crippen LogP contribution is -2.56. The number of nitrogens with two attached hydrogens (primary N) is 2. The lowest BCUT2D eigenvalue weighted by molar-refractivity contribution is -0.141. The number of amides is 3. The average Bonchev–Trinajstić information content (AvgIpc) is 3.33. The quantitative estimate of drug-likeness (QED) is 0.145. The van der Waals surface area contributed by atoms with E-state index in [0.29, 0.717) is 51.9 Å². The maximum Gasteiger partial charge on any atom is 0.245 e. The summed E-state index contributed by atoms with van der Waals surface area (Å²) in [4.78, 5) is 45.1. The molecular formula is C26H43N7O3. The van der Waals surface area contributed by atoms with Crippen molar-refractivity contribution in [2.45, 2.75) is 77.5 Å². The second-order valence-electron chi connectivity index (χ2n) is 9.64. The van der Waals surface area contributed by atoms with E-state index in [1.807, 2.05) is 37.3 Å². The van der Waals surface area contributed by atoms with Gasteiger partial charge in [-0.1, -0.05) is 44.2 Å². The Labute approximate surface area is 214 Å². The molecule has 3 amide bonds. The van der Waals surface area contributed by atoms with Gasteiger partial charge in [-0.15, -0.1) is 0 Å². The summed E-state index contributed by atoms with van der Waals surface area (Å²) in [5.74, 6) is -0.363. The number of aliphatic imine (C=N–C) groups is 1. The minimum absolute atomic E-state index is 0.0140. The maximum absolute atomic E-state index is 13.6. The number of nitrogens with one attached hydrogen (secondary N) is 3. The first-order valence-electron chi connectivity index (χ1n) is 12.9. The molecule has 0 spiro atoms. The highest BCUT2D eigenvalue weighted by Crippen LogP contribution is 2.20. The molecule has 1 aliphatic heterocycles. The van der Waals surface area contributed by atoms with Gasteiger partial charge in [0.1, 0.15) is 12.1 Å². The van der Waals surface area contributed by atoms with Crippen LogP contribution in [0.2, 0.25) is 0 Å². The van der Waals surface area contributed by atoms with Crippen LogP contribution in [0.1, 0.15) is 58.4 Å². The summed E-state index contributed by atoms with van der Waals surface area (Å²) in [7, 11) is 0. The number of nitrogens with zero attached hydrogens (tertiary/aromatic N) is 2. The van der Waals surface area contributed by atoms with E-state index in [1.165, 1.54) is 0 Å². The van der Waals surface area contributed by atoms with Crippen LogP contribution in [0.4, 0.5) is 0 Å². The Bertz CT molecular complexity index is 872. The molecule has 1 fully saturated rings. The van der Waals surface area contributed by atoms with Crippen molar-refractivity contribution in [3.8, 4) is 0 Å². The van der Waals surface area contributed by atoms with E-state index in [0.717, 1.165) is 12.0 Å². The fourth-order valence-corrected chi connectivity index (χ4v) is 4.42. The van der Waals surface area contributed by atoms with Crippen LogP contribution in [-0.4, -0.2) is 66.3 Å². The molecule has 0 aromatic heterocycles. The number of hydrogen-bond acceptors (Lipinski definition) is 5. The SMILES string of the molecule is CCNC(=O)[C@@H]1CCCN1C(=O)[C@H](CCCN=C(N)N)NC(=O)[C@H](CC(C)C)NCc1ccccc1. The van der Waals surface area contributed by atoms with Gasteiger partial charge in [-0.25, -0.2) is 0 Å². The average molecular weight is 502 g/mol. The van der Waals surface area contributed by atoms with Crippen molar-refractivity contribution in [2.24, 2.45) is 22.4 Å². The molecule has 0 saturated carbocycles. The van der Waals surface area contributed by atoms with Gasteiger partial charge in [-0.3, -0.25) is 19.4 Å². The number of guanidine groups is 1. The van der Waals surface area contributed by atoms with Crippen LogP contribution in [0.15, 0.2) is 35.3 Å². The molecule has 2 rings (SSSR count). The van der Waals surface area contributed by atoms with E-state index < -0.39 is 18.1 Å². The zero-order valence-electron chi connectivity index (χ0n) is 21.8. The van der Waals surface area contributed by atoms with E-state index >= 15 is 0 Å². The molecular weight excluding hydrogens is 458 g/mol.